The Kier molecular flexibility index (Phi) is 6.94. The van der Waals surface area contributed by atoms with Gasteiger partial charge < -0.3 is 49.6 Å². The summed E-state index contributed by atoms with van der Waals surface area (Å²) in [5, 5.41) is 74.7. The summed E-state index contributed by atoms with van der Waals surface area (Å²) in [6, 6.07) is 4.28. The number of aliphatic hydroxyl groups excluding tert-OH is 1. The number of carbonyl (C=O) groups is 1. The molecule has 7 aliphatic rings. The van der Waals surface area contributed by atoms with Crippen molar-refractivity contribution in [2.75, 3.05) is 27.3 Å². The number of rotatable bonds is 4. The van der Waals surface area contributed by atoms with Crippen LogP contribution in [0.5, 0.6) is 11.5 Å². The molecule has 7 fully saturated rings. The molecule has 4 aliphatic carbocycles. The lowest BCUT2D eigenvalue weighted by Crippen LogP contribution is -2.85. The predicted octanol–water partition coefficient (Wildman–Crippen LogP) is 1.36. The molecule has 0 amide bonds. The summed E-state index contributed by atoms with van der Waals surface area (Å²) in [6.45, 7) is 6.57. The molecule has 3 heterocycles. The van der Waals surface area contributed by atoms with Gasteiger partial charge >= 0.3 is 5.97 Å². The van der Waals surface area contributed by atoms with Crippen LogP contribution in [0.25, 0.3) is 0 Å². The van der Waals surface area contributed by atoms with Gasteiger partial charge in [0.2, 0.25) is 5.79 Å². The fraction of sp³-hybridized carbons (Fsp3) is 0.806. The Bertz CT molecular complexity index is 1520. The number of benzene rings is 1. The average Bonchev–Trinajstić information content (AvgIpc) is 3.21. The van der Waals surface area contributed by atoms with Crippen LogP contribution in [-0.2, 0) is 9.47 Å². The summed E-state index contributed by atoms with van der Waals surface area (Å²) in [6.07, 6.45) is 0.172. The zero-order valence-electron chi connectivity index (χ0n) is 28.5. The number of hydrogen-bond acceptors (Lipinski definition) is 12. The van der Waals surface area contributed by atoms with Gasteiger partial charge in [0.15, 0.2) is 17.6 Å². The van der Waals surface area contributed by atoms with Crippen LogP contribution in [0, 0.1) is 29.1 Å². The van der Waals surface area contributed by atoms with Crippen LogP contribution in [0.15, 0.2) is 18.2 Å². The molecule has 6 N–H and O–H groups in total. The minimum atomic E-state index is -2.10. The highest BCUT2D eigenvalue weighted by Gasteiger charge is 2.88. The zero-order chi connectivity index (χ0) is 34.4. The van der Waals surface area contributed by atoms with Crippen LogP contribution in [-0.4, -0.2) is 121 Å². The lowest BCUT2D eigenvalue weighted by Gasteiger charge is -2.68. The summed E-state index contributed by atoms with van der Waals surface area (Å²) in [7, 11) is 2.97. The minimum absolute atomic E-state index is 0.101. The molecule has 0 radical (unpaired) electrons. The van der Waals surface area contributed by atoms with E-state index < -0.39 is 81.2 Å². The lowest BCUT2D eigenvalue weighted by atomic mass is 9.49. The van der Waals surface area contributed by atoms with E-state index in [0.717, 1.165) is 6.42 Å². The number of carbonyl (C=O) groups excluding carboxylic acids is 1. The summed E-state index contributed by atoms with van der Waals surface area (Å²) >= 11 is 0. The standard InChI is InChI=1S/C36H51NO11/c1-19-6-11-26-31(3,40)35(43)25(17-37(26)16-19)33(42)18-34-24(32(33,41)15-27(35)38)10-9-23-30(34,2)13-12-28(36(23,44)48-34)47-29(39)20-7-8-21(45-4)22(14-20)46-5/h7-8,14,19,23-28,38,40-44H,6,9-13,15-18H2,1-5H3/t19-,23+,24-,25-,26-,27-,28-,30-,31+,32+,33+,34+,35-,36+/m0/s1. The van der Waals surface area contributed by atoms with Crippen molar-refractivity contribution in [1.82, 2.24) is 4.90 Å². The molecule has 3 aliphatic heterocycles. The third-order valence-electron chi connectivity index (χ3n) is 14.9. The van der Waals surface area contributed by atoms with Crippen molar-refractivity contribution in [3.8, 4) is 11.5 Å². The number of fused-ring (bicyclic) bond motifs is 5. The van der Waals surface area contributed by atoms with Gasteiger partial charge in [-0.25, -0.2) is 4.79 Å². The van der Waals surface area contributed by atoms with Crippen LogP contribution < -0.4 is 9.47 Å². The number of ether oxygens (including phenoxy) is 4. The number of esters is 1. The van der Waals surface area contributed by atoms with Gasteiger partial charge in [0.25, 0.3) is 0 Å². The molecule has 266 valence electrons. The van der Waals surface area contributed by atoms with Gasteiger partial charge in [0.1, 0.15) is 22.4 Å². The van der Waals surface area contributed by atoms with E-state index in [-0.39, 0.29) is 24.9 Å². The molecule has 14 atom stereocenters. The van der Waals surface area contributed by atoms with E-state index in [1.54, 1.807) is 19.1 Å². The highest BCUT2D eigenvalue weighted by atomic mass is 16.7. The Hall–Kier alpha value is -2.03. The molecule has 12 nitrogen and oxygen atoms in total. The summed E-state index contributed by atoms with van der Waals surface area (Å²) in [5.74, 6) is -3.63. The Morgan fingerprint density at radius 1 is 0.896 bits per heavy atom. The normalized spacial score (nSPS) is 53.6. The monoisotopic (exact) mass is 673 g/mol. The molecular weight excluding hydrogens is 622 g/mol. The van der Waals surface area contributed by atoms with Gasteiger partial charge in [-0.15, -0.1) is 0 Å². The Labute approximate surface area is 280 Å². The van der Waals surface area contributed by atoms with Gasteiger partial charge in [-0.2, -0.15) is 0 Å². The van der Waals surface area contributed by atoms with Gasteiger partial charge in [-0.3, -0.25) is 4.90 Å². The number of hydrogen-bond donors (Lipinski definition) is 6. The molecule has 1 aromatic rings. The highest BCUT2D eigenvalue weighted by molar-refractivity contribution is 5.90. The second-order valence-corrected chi connectivity index (χ2v) is 16.8. The zero-order valence-corrected chi connectivity index (χ0v) is 28.5. The SMILES string of the molecule is COc1ccc(C(=O)O[C@H]2CC[C@@]3(C)[C@H]4CC[C@H]5[C@]6(O)C[C@H](O)[C@@]7(O)[C@@H](CN8C[C@@H](C)CC[C@H]8[C@@]7(C)O)[C@]6(O)C[C@@]53O[C@@]24O)cc1OC. The highest BCUT2D eigenvalue weighted by Crippen LogP contribution is 2.78. The van der Waals surface area contributed by atoms with Gasteiger partial charge in [0.05, 0.1) is 31.5 Å². The molecule has 48 heavy (non-hydrogen) atoms. The van der Waals surface area contributed by atoms with E-state index in [2.05, 4.69) is 11.8 Å². The maximum atomic E-state index is 13.5. The van der Waals surface area contributed by atoms with E-state index >= 15 is 0 Å². The van der Waals surface area contributed by atoms with E-state index in [0.29, 0.717) is 56.1 Å². The fourth-order valence-corrected chi connectivity index (χ4v) is 12.6. The molecule has 1 aromatic carbocycles. The number of nitrogens with zero attached hydrogens (tertiary/aromatic N) is 1. The van der Waals surface area contributed by atoms with Crippen LogP contribution in [0.3, 0.4) is 0 Å². The minimum Gasteiger partial charge on any atom is -0.493 e. The molecule has 4 saturated carbocycles. The Morgan fingerprint density at radius 2 is 1.60 bits per heavy atom. The maximum Gasteiger partial charge on any atom is 0.338 e. The first-order valence-electron chi connectivity index (χ1n) is 17.6. The first kappa shape index (κ1) is 33.1. The van der Waals surface area contributed by atoms with E-state index in [1.807, 2.05) is 6.92 Å². The quantitative estimate of drug-likeness (QED) is 0.253. The third kappa shape index (κ3) is 3.66. The second kappa shape index (κ2) is 10.1. The van der Waals surface area contributed by atoms with E-state index in [9.17, 15) is 35.4 Å². The number of piperidine rings is 2. The van der Waals surface area contributed by atoms with Crippen LogP contribution in [0.1, 0.15) is 82.5 Å². The largest absolute Gasteiger partial charge is 0.493 e. The van der Waals surface area contributed by atoms with Crippen molar-refractivity contribution in [1.29, 1.82) is 0 Å². The van der Waals surface area contributed by atoms with Gasteiger partial charge in [-0.1, -0.05) is 13.8 Å². The van der Waals surface area contributed by atoms with Crippen LogP contribution in [0.2, 0.25) is 0 Å². The molecule has 4 bridgehead atoms. The van der Waals surface area contributed by atoms with Crippen molar-refractivity contribution >= 4 is 5.97 Å². The fourth-order valence-electron chi connectivity index (χ4n) is 12.6. The first-order chi connectivity index (χ1) is 22.5. The van der Waals surface area contributed by atoms with Crippen molar-refractivity contribution in [2.45, 2.75) is 124 Å². The number of methoxy groups -OCH3 is 2. The van der Waals surface area contributed by atoms with Gasteiger partial charge in [-0.05, 0) is 69.6 Å². The molecule has 3 saturated heterocycles. The average molecular weight is 674 g/mol. The van der Waals surface area contributed by atoms with Crippen molar-refractivity contribution in [3.05, 3.63) is 23.8 Å². The molecule has 0 unspecified atom stereocenters. The van der Waals surface area contributed by atoms with Crippen molar-refractivity contribution in [3.63, 3.8) is 0 Å². The van der Waals surface area contributed by atoms with Gasteiger partial charge in [0, 0.05) is 55.1 Å². The topological polar surface area (TPSA) is 179 Å². The van der Waals surface area contributed by atoms with Crippen molar-refractivity contribution in [2.24, 2.45) is 29.1 Å². The first-order valence-corrected chi connectivity index (χ1v) is 17.6. The molecule has 1 spiro atoms. The molecule has 0 aromatic heterocycles. The molecule has 8 rings (SSSR count). The summed E-state index contributed by atoms with van der Waals surface area (Å²) < 4.78 is 23.5. The van der Waals surface area contributed by atoms with E-state index in [4.69, 9.17) is 18.9 Å². The smallest absolute Gasteiger partial charge is 0.338 e. The summed E-state index contributed by atoms with van der Waals surface area (Å²) in [5.41, 5.74) is -9.44. The number of aliphatic hydroxyl groups is 6. The summed E-state index contributed by atoms with van der Waals surface area (Å²) in [4.78, 5) is 15.6. The predicted molar refractivity (Wildman–Crippen MR) is 169 cm³/mol. The third-order valence-corrected chi connectivity index (χ3v) is 14.9. The van der Waals surface area contributed by atoms with Crippen LogP contribution >= 0.6 is 0 Å². The Morgan fingerprint density at radius 3 is 2.31 bits per heavy atom. The molecular formula is C36H51NO11. The molecule has 12 heteroatoms. The lowest BCUT2D eigenvalue weighted by molar-refractivity contribution is -0.354. The maximum absolute atomic E-state index is 13.5. The van der Waals surface area contributed by atoms with Crippen molar-refractivity contribution < 1.29 is 54.4 Å². The van der Waals surface area contributed by atoms with Crippen LogP contribution in [0.4, 0.5) is 0 Å². The van der Waals surface area contributed by atoms with E-state index in [1.165, 1.54) is 20.3 Å². The second-order valence-electron chi connectivity index (χ2n) is 16.8. The Balaban J connectivity index is 1.16.